The molecule has 1 aromatic rings. The normalized spacial score (nSPS) is 17.5. The van der Waals surface area contributed by atoms with Gasteiger partial charge in [-0.2, -0.15) is 0 Å². The first-order chi connectivity index (χ1) is 11.3. The van der Waals surface area contributed by atoms with E-state index in [0.717, 1.165) is 19.4 Å². The van der Waals surface area contributed by atoms with Crippen molar-refractivity contribution in [1.29, 1.82) is 0 Å². The number of hydrogen-bond acceptors (Lipinski definition) is 7. The molecule has 8 heteroatoms. The standard InChI is InChI=1S/C16H24N4O4/c1-16(2,3)24-15(22)17-9-11-6-5-7-20(11)13-8-12(14(21)23-4)18-10-19-13/h8,10-11H,5-7,9H2,1-4H3,(H,17,22). The topological polar surface area (TPSA) is 93.7 Å². The third-order valence-electron chi connectivity index (χ3n) is 3.60. The lowest BCUT2D eigenvalue weighted by molar-refractivity contribution is 0.0523. The summed E-state index contributed by atoms with van der Waals surface area (Å²) in [7, 11) is 1.31. The Morgan fingerprint density at radius 1 is 1.38 bits per heavy atom. The molecule has 1 fully saturated rings. The number of methoxy groups -OCH3 is 1. The Hall–Kier alpha value is -2.38. The summed E-state index contributed by atoms with van der Waals surface area (Å²) < 4.78 is 9.93. The van der Waals surface area contributed by atoms with Crippen LogP contribution in [0.25, 0.3) is 0 Å². The first-order valence-corrected chi connectivity index (χ1v) is 7.94. The second-order valence-electron chi connectivity index (χ2n) is 6.63. The molecular weight excluding hydrogens is 312 g/mol. The highest BCUT2D eigenvalue weighted by Gasteiger charge is 2.27. The fourth-order valence-corrected chi connectivity index (χ4v) is 2.59. The maximum atomic E-state index is 11.8. The molecule has 1 amide bonds. The first kappa shape index (κ1) is 18.0. The summed E-state index contributed by atoms with van der Waals surface area (Å²) in [5.74, 6) is 0.153. The molecule has 1 aromatic heterocycles. The number of rotatable bonds is 4. The number of carbonyl (C=O) groups is 2. The molecule has 0 aliphatic carbocycles. The van der Waals surface area contributed by atoms with Gasteiger partial charge in [0.15, 0.2) is 5.69 Å². The van der Waals surface area contributed by atoms with Gasteiger partial charge in [0, 0.05) is 25.2 Å². The lowest BCUT2D eigenvalue weighted by atomic mass is 10.2. The van der Waals surface area contributed by atoms with E-state index in [-0.39, 0.29) is 11.7 Å². The number of ether oxygens (including phenoxy) is 2. The zero-order valence-corrected chi connectivity index (χ0v) is 14.5. The van der Waals surface area contributed by atoms with Crippen LogP contribution in [-0.2, 0) is 9.47 Å². The number of amides is 1. The van der Waals surface area contributed by atoms with Crippen molar-refractivity contribution >= 4 is 17.9 Å². The molecule has 1 aliphatic rings. The Balaban J connectivity index is 2.00. The smallest absolute Gasteiger partial charge is 0.407 e. The van der Waals surface area contributed by atoms with E-state index in [1.165, 1.54) is 13.4 Å². The van der Waals surface area contributed by atoms with Crippen LogP contribution in [0.2, 0.25) is 0 Å². The van der Waals surface area contributed by atoms with E-state index in [2.05, 4.69) is 24.9 Å². The summed E-state index contributed by atoms with van der Waals surface area (Å²) in [5.41, 5.74) is -0.310. The highest BCUT2D eigenvalue weighted by atomic mass is 16.6. The van der Waals surface area contributed by atoms with Crippen LogP contribution in [0.5, 0.6) is 0 Å². The summed E-state index contributed by atoms with van der Waals surface area (Å²) in [4.78, 5) is 33.6. The molecule has 24 heavy (non-hydrogen) atoms. The molecule has 0 spiro atoms. The summed E-state index contributed by atoms with van der Waals surface area (Å²) in [6, 6.07) is 1.70. The third kappa shape index (κ3) is 4.81. The molecule has 8 nitrogen and oxygen atoms in total. The molecule has 1 aliphatic heterocycles. The molecule has 132 valence electrons. The Morgan fingerprint density at radius 2 is 2.12 bits per heavy atom. The quantitative estimate of drug-likeness (QED) is 0.837. The molecule has 1 saturated heterocycles. The van der Waals surface area contributed by atoms with Crippen LogP contribution in [0, 0.1) is 0 Å². The van der Waals surface area contributed by atoms with E-state index in [1.54, 1.807) is 6.07 Å². The average molecular weight is 336 g/mol. The summed E-state index contributed by atoms with van der Waals surface area (Å²) >= 11 is 0. The maximum absolute atomic E-state index is 11.8. The van der Waals surface area contributed by atoms with Crippen molar-refractivity contribution in [3.05, 3.63) is 18.1 Å². The second-order valence-corrected chi connectivity index (χ2v) is 6.63. The average Bonchev–Trinajstić information content (AvgIpc) is 2.99. The van der Waals surface area contributed by atoms with Crippen molar-refractivity contribution < 1.29 is 19.1 Å². The largest absolute Gasteiger partial charge is 0.464 e. The van der Waals surface area contributed by atoms with Crippen LogP contribution in [0.4, 0.5) is 10.6 Å². The number of nitrogens with zero attached hydrogens (tertiary/aromatic N) is 3. The zero-order chi connectivity index (χ0) is 17.7. The SMILES string of the molecule is COC(=O)c1cc(N2CCCC2CNC(=O)OC(C)(C)C)ncn1. The van der Waals surface area contributed by atoms with Crippen molar-refractivity contribution in [1.82, 2.24) is 15.3 Å². The van der Waals surface area contributed by atoms with Gasteiger partial charge in [-0.05, 0) is 33.6 Å². The van der Waals surface area contributed by atoms with E-state index in [4.69, 9.17) is 4.74 Å². The van der Waals surface area contributed by atoms with Crippen LogP contribution in [-0.4, -0.2) is 53.9 Å². The van der Waals surface area contributed by atoms with Gasteiger partial charge >= 0.3 is 12.1 Å². The Bertz CT molecular complexity index is 600. The van der Waals surface area contributed by atoms with Crippen LogP contribution in [0.3, 0.4) is 0 Å². The second kappa shape index (κ2) is 7.46. The van der Waals surface area contributed by atoms with Crippen LogP contribution < -0.4 is 10.2 Å². The molecule has 1 unspecified atom stereocenters. The van der Waals surface area contributed by atoms with E-state index in [9.17, 15) is 9.59 Å². The van der Waals surface area contributed by atoms with Crippen molar-refractivity contribution in [2.45, 2.75) is 45.3 Å². The number of anilines is 1. The van der Waals surface area contributed by atoms with Crippen LogP contribution in [0.1, 0.15) is 44.1 Å². The number of alkyl carbamates (subject to hydrolysis) is 1. The van der Waals surface area contributed by atoms with E-state index >= 15 is 0 Å². The number of esters is 1. The number of aromatic nitrogens is 2. The van der Waals surface area contributed by atoms with Crippen molar-refractivity contribution in [3.8, 4) is 0 Å². The number of carbonyl (C=O) groups excluding carboxylic acids is 2. The van der Waals surface area contributed by atoms with Gasteiger partial charge in [-0.3, -0.25) is 0 Å². The Kier molecular flexibility index (Phi) is 5.58. The molecule has 0 saturated carbocycles. The first-order valence-electron chi connectivity index (χ1n) is 7.94. The van der Waals surface area contributed by atoms with Gasteiger partial charge in [0.25, 0.3) is 0 Å². The molecule has 1 atom stereocenters. The van der Waals surface area contributed by atoms with E-state index < -0.39 is 17.7 Å². The lowest BCUT2D eigenvalue weighted by Crippen LogP contribution is -2.42. The number of nitrogens with one attached hydrogen (secondary N) is 1. The molecule has 0 radical (unpaired) electrons. The van der Waals surface area contributed by atoms with Gasteiger partial charge < -0.3 is 19.7 Å². The van der Waals surface area contributed by atoms with Crippen LogP contribution in [0.15, 0.2) is 12.4 Å². The van der Waals surface area contributed by atoms with Crippen LogP contribution >= 0.6 is 0 Å². The molecule has 2 rings (SSSR count). The minimum atomic E-state index is -0.526. The molecule has 0 bridgehead atoms. The molecule has 0 aromatic carbocycles. The molecule has 2 heterocycles. The van der Waals surface area contributed by atoms with Crippen molar-refractivity contribution in [3.63, 3.8) is 0 Å². The van der Waals surface area contributed by atoms with Gasteiger partial charge in [-0.15, -0.1) is 0 Å². The Morgan fingerprint density at radius 3 is 2.79 bits per heavy atom. The van der Waals surface area contributed by atoms with Gasteiger partial charge in [-0.25, -0.2) is 19.6 Å². The predicted molar refractivity (Wildman–Crippen MR) is 88.0 cm³/mol. The minimum Gasteiger partial charge on any atom is -0.464 e. The minimum absolute atomic E-state index is 0.0953. The molecular formula is C16H24N4O4. The highest BCUT2D eigenvalue weighted by molar-refractivity contribution is 5.87. The fraction of sp³-hybridized carbons (Fsp3) is 0.625. The van der Waals surface area contributed by atoms with Gasteiger partial charge in [0.1, 0.15) is 17.7 Å². The third-order valence-corrected chi connectivity index (χ3v) is 3.60. The van der Waals surface area contributed by atoms with Gasteiger partial charge in [0.2, 0.25) is 0 Å². The zero-order valence-electron chi connectivity index (χ0n) is 14.5. The lowest BCUT2D eigenvalue weighted by Gasteiger charge is -2.27. The molecule has 1 N–H and O–H groups in total. The monoisotopic (exact) mass is 336 g/mol. The maximum Gasteiger partial charge on any atom is 0.407 e. The van der Waals surface area contributed by atoms with E-state index in [1.807, 2.05) is 20.8 Å². The van der Waals surface area contributed by atoms with Crippen molar-refractivity contribution in [2.75, 3.05) is 25.1 Å². The van der Waals surface area contributed by atoms with E-state index in [0.29, 0.717) is 12.4 Å². The van der Waals surface area contributed by atoms with Gasteiger partial charge in [0.05, 0.1) is 7.11 Å². The summed E-state index contributed by atoms with van der Waals surface area (Å²) in [6.45, 7) is 6.72. The summed E-state index contributed by atoms with van der Waals surface area (Å²) in [6.07, 6.45) is 2.82. The predicted octanol–water partition coefficient (Wildman–Crippen LogP) is 1.76. The highest BCUT2D eigenvalue weighted by Crippen LogP contribution is 2.23. The Labute approximate surface area is 141 Å². The number of hydrogen-bond donors (Lipinski definition) is 1. The fourth-order valence-electron chi connectivity index (χ4n) is 2.59. The summed E-state index contributed by atoms with van der Waals surface area (Å²) in [5, 5.41) is 2.79. The van der Waals surface area contributed by atoms with Crippen molar-refractivity contribution in [2.24, 2.45) is 0 Å². The van der Waals surface area contributed by atoms with Gasteiger partial charge in [-0.1, -0.05) is 0 Å².